The van der Waals surface area contributed by atoms with Crippen LogP contribution in [0.5, 0.6) is 5.75 Å². The highest BCUT2D eigenvalue weighted by atomic mass is 35.5. The van der Waals surface area contributed by atoms with E-state index in [0.29, 0.717) is 11.3 Å². The highest BCUT2D eigenvalue weighted by Gasteiger charge is 2.18. The van der Waals surface area contributed by atoms with Crippen molar-refractivity contribution in [1.82, 2.24) is 0 Å². The van der Waals surface area contributed by atoms with E-state index in [-0.39, 0.29) is 42.0 Å². The van der Waals surface area contributed by atoms with Crippen molar-refractivity contribution in [2.45, 2.75) is 19.6 Å². The Morgan fingerprint density at radius 1 is 1.21 bits per heavy atom. The van der Waals surface area contributed by atoms with Gasteiger partial charge in [-0.05, 0) is 19.1 Å². The summed E-state index contributed by atoms with van der Waals surface area (Å²) in [6.07, 6.45) is -0.418. The molecule has 1 aromatic carbocycles. The van der Waals surface area contributed by atoms with Crippen LogP contribution in [0.1, 0.15) is 23.7 Å². The van der Waals surface area contributed by atoms with Gasteiger partial charge in [0, 0.05) is 26.9 Å². The number of halogens is 1. The topological polar surface area (TPSA) is 83.1 Å². The first-order chi connectivity index (χ1) is 11.4. The molecule has 7 nitrogen and oxygen atoms in total. The number of ketones is 1. The summed E-state index contributed by atoms with van der Waals surface area (Å²) in [6.45, 7) is 1.75. The molecule has 0 unspecified atom stereocenters. The van der Waals surface area contributed by atoms with Gasteiger partial charge < -0.3 is 24.3 Å². The second-order valence-corrected chi connectivity index (χ2v) is 5.24. The molecule has 0 saturated carbocycles. The monoisotopic (exact) mass is 359 g/mol. The molecule has 0 atom stereocenters. The molecule has 8 heteroatoms. The fourth-order valence-electron chi connectivity index (χ4n) is 1.87. The molecule has 0 aliphatic carbocycles. The van der Waals surface area contributed by atoms with Gasteiger partial charge in [-0.15, -0.1) is 0 Å². The van der Waals surface area contributed by atoms with Crippen LogP contribution < -0.4 is 10.1 Å². The minimum absolute atomic E-state index is 0.100. The van der Waals surface area contributed by atoms with Gasteiger partial charge in [0.2, 0.25) is 5.91 Å². The third-order valence-corrected chi connectivity index (χ3v) is 3.56. The number of carbonyl (C=O) groups is 2. The molecule has 0 saturated heterocycles. The normalized spacial score (nSPS) is 10.8. The molecular weight excluding hydrogens is 338 g/mol. The maximum absolute atomic E-state index is 11.9. The van der Waals surface area contributed by atoms with Gasteiger partial charge in [-0.3, -0.25) is 9.59 Å². The summed E-state index contributed by atoms with van der Waals surface area (Å²) in [6, 6.07) is 3.11. The third-order valence-electron chi connectivity index (χ3n) is 3.18. The van der Waals surface area contributed by atoms with Crippen LogP contribution in [0.2, 0.25) is 5.02 Å². The van der Waals surface area contributed by atoms with Crippen molar-refractivity contribution in [3.05, 3.63) is 22.7 Å². The van der Waals surface area contributed by atoms with Crippen LogP contribution in [0.25, 0.3) is 0 Å². The first-order valence-electron chi connectivity index (χ1n) is 7.25. The predicted octanol–water partition coefficient (Wildman–Crippen LogP) is 2.52. The number of rotatable bonds is 10. The van der Waals surface area contributed by atoms with Crippen molar-refractivity contribution in [3.8, 4) is 5.75 Å². The first kappa shape index (κ1) is 20.4. The van der Waals surface area contributed by atoms with Gasteiger partial charge in [0.1, 0.15) is 17.4 Å². The van der Waals surface area contributed by atoms with Crippen LogP contribution in [0.4, 0.5) is 5.69 Å². The molecule has 0 aliphatic rings. The SMILES string of the molecule is COCCC(=O)Nc1c(C(C)=O)ccc(OCC(OC)OC)c1Cl. The van der Waals surface area contributed by atoms with Crippen LogP contribution in [-0.4, -0.2) is 52.5 Å². The Hall–Kier alpha value is -1.67. The number of hydrogen-bond donors (Lipinski definition) is 1. The van der Waals surface area contributed by atoms with E-state index in [4.69, 9.17) is 30.5 Å². The summed E-state index contributed by atoms with van der Waals surface area (Å²) in [5.74, 6) is -0.231. The standard InChI is InChI=1S/C16H22ClNO6/c1-10(19)11-5-6-12(24-9-14(22-3)23-4)15(17)16(11)18-13(20)7-8-21-2/h5-6,14H,7-9H2,1-4H3,(H,18,20). The predicted molar refractivity (Wildman–Crippen MR) is 89.9 cm³/mol. The van der Waals surface area contributed by atoms with Crippen molar-refractivity contribution >= 4 is 29.0 Å². The molecule has 134 valence electrons. The first-order valence-corrected chi connectivity index (χ1v) is 7.63. The summed E-state index contributed by atoms with van der Waals surface area (Å²) in [7, 11) is 4.47. The molecule has 1 N–H and O–H groups in total. The van der Waals surface area contributed by atoms with Crippen molar-refractivity contribution in [1.29, 1.82) is 0 Å². The molecule has 1 aromatic rings. The summed E-state index contributed by atoms with van der Waals surface area (Å²) in [5, 5.41) is 2.78. The summed E-state index contributed by atoms with van der Waals surface area (Å²) < 4.78 is 20.5. The molecule has 0 spiro atoms. The van der Waals surface area contributed by atoms with E-state index in [1.165, 1.54) is 28.3 Å². The van der Waals surface area contributed by atoms with E-state index in [2.05, 4.69) is 5.32 Å². The number of ether oxygens (including phenoxy) is 4. The Morgan fingerprint density at radius 3 is 2.42 bits per heavy atom. The number of Topliss-reactive ketones (excluding diaryl/α,β-unsaturated/α-hetero) is 1. The van der Waals surface area contributed by atoms with E-state index in [1.807, 2.05) is 0 Å². The van der Waals surface area contributed by atoms with E-state index < -0.39 is 6.29 Å². The zero-order valence-corrected chi connectivity index (χ0v) is 14.9. The van der Waals surface area contributed by atoms with Crippen LogP contribution in [-0.2, 0) is 19.0 Å². The smallest absolute Gasteiger partial charge is 0.226 e. The highest BCUT2D eigenvalue weighted by molar-refractivity contribution is 6.36. The number of anilines is 1. The average molecular weight is 360 g/mol. The Morgan fingerprint density at radius 2 is 1.88 bits per heavy atom. The maximum Gasteiger partial charge on any atom is 0.226 e. The zero-order valence-electron chi connectivity index (χ0n) is 14.2. The number of benzene rings is 1. The number of hydrogen-bond acceptors (Lipinski definition) is 6. The molecule has 0 bridgehead atoms. The Bertz CT molecular complexity index is 574. The Balaban J connectivity index is 3.02. The van der Waals surface area contributed by atoms with Gasteiger partial charge in [0.15, 0.2) is 12.1 Å². The van der Waals surface area contributed by atoms with E-state index >= 15 is 0 Å². The quantitative estimate of drug-likeness (QED) is 0.510. The molecule has 24 heavy (non-hydrogen) atoms. The number of carbonyl (C=O) groups excluding carboxylic acids is 2. The van der Waals surface area contributed by atoms with Crippen molar-refractivity contribution < 1.29 is 28.5 Å². The second-order valence-electron chi connectivity index (χ2n) is 4.86. The van der Waals surface area contributed by atoms with E-state index in [9.17, 15) is 9.59 Å². The highest BCUT2D eigenvalue weighted by Crippen LogP contribution is 2.35. The molecule has 1 amide bonds. The third kappa shape index (κ3) is 5.76. The fraction of sp³-hybridized carbons (Fsp3) is 0.500. The number of nitrogens with one attached hydrogen (secondary N) is 1. The van der Waals surface area contributed by atoms with Crippen LogP contribution in [0.15, 0.2) is 12.1 Å². The van der Waals surface area contributed by atoms with Crippen LogP contribution in [0, 0.1) is 0 Å². The molecule has 1 rings (SSSR count). The molecular formula is C16H22ClNO6. The number of methoxy groups -OCH3 is 3. The lowest BCUT2D eigenvalue weighted by Crippen LogP contribution is -2.22. The largest absolute Gasteiger partial charge is 0.487 e. The summed E-state index contributed by atoms with van der Waals surface area (Å²) >= 11 is 6.30. The fourth-order valence-corrected chi connectivity index (χ4v) is 2.14. The molecule has 0 aromatic heterocycles. The van der Waals surface area contributed by atoms with Gasteiger partial charge in [-0.1, -0.05) is 11.6 Å². The molecule has 0 fully saturated rings. The lowest BCUT2D eigenvalue weighted by Gasteiger charge is -2.18. The van der Waals surface area contributed by atoms with Gasteiger partial charge in [-0.25, -0.2) is 0 Å². The van der Waals surface area contributed by atoms with Gasteiger partial charge in [0.25, 0.3) is 0 Å². The van der Waals surface area contributed by atoms with Crippen LogP contribution in [0.3, 0.4) is 0 Å². The minimum atomic E-state index is -0.562. The summed E-state index contributed by atoms with van der Waals surface area (Å²) in [5.41, 5.74) is 0.516. The van der Waals surface area contributed by atoms with Gasteiger partial charge >= 0.3 is 0 Å². The van der Waals surface area contributed by atoms with Crippen LogP contribution >= 0.6 is 11.6 Å². The maximum atomic E-state index is 11.9. The zero-order chi connectivity index (χ0) is 18.1. The lowest BCUT2D eigenvalue weighted by atomic mass is 10.1. The van der Waals surface area contributed by atoms with Crippen molar-refractivity contribution in [2.24, 2.45) is 0 Å². The average Bonchev–Trinajstić information content (AvgIpc) is 2.56. The second kappa shape index (κ2) is 10.2. The van der Waals surface area contributed by atoms with Gasteiger partial charge in [0.05, 0.1) is 18.7 Å². The van der Waals surface area contributed by atoms with E-state index in [0.717, 1.165) is 0 Å². The Kier molecular flexibility index (Phi) is 8.70. The van der Waals surface area contributed by atoms with Gasteiger partial charge in [-0.2, -0.15) is 0 Å². The van der Waals surface area contributed by atoms with Crippen molar-refractivity contribution in [3.63, 3.8) is 0 Å². The van der Waals surface area contributed by atoms with E-state index in [1.54, 1.807) is 12.1 Å². The lowest BCUT2D eigenvalue weighted by molar-refractivity contribution is -0.122. The van der Waals surface area contributed by atoms with Crippen molar-refractivity contribution in [2.75, 3.05) is 39.9 Å². The minimum Gasteiger partial charge on any atom is -0.487 e. The number of amides is 1. The Labute approximate surface area is 146 Å². The molecule has 0 aliphatic heterocycles. The molecule has 0 heterocycles. The molecule has 0 radical (unpaired) electrons. The summed E-state index contributed by atoms with van der Waals surface area (Å²) in [4.78, 5) is 23.7.